The molecule has 0 rings (SSSR count). The fourth-order valence-corrected chi connectivity index (χ4v) is 1.36. The van der Waals surface area contributed by atoms with E-state index >= 15 is 0 Å². The Morgan fingerprint density at radius 2 is 1.83 bits per heavy atom. The van der Waals surface area contributed by atoms with Gasteiger partial charge in [-0.05, 0) is 5.92 Å². The van der Waals surface area contributed by atoms with Gasteiger partial charge in [-0.2, -0.15) is 0 Å². The molecule has 5 atom stereocenters. The standard InChI is InChI=1S/C12H23NO5/c1-4-7(2)5-6-8(14)9(15)10(16)11(18-3)12(13)17/h5-11,14-16H,4H2,1-3H3,(H2,13,17)/b6-5+/t7?,8-,9+,10-,11?/m1/s1. The van der Waals surface area contributed by atoms with Gasteiger partial charge < -0.3 is 25.8 Å². The second-order valence-electron chi connectivity index (χ2n) is 4.30. The van der Waals surface area contributed by atoms with Gasteiger partial charge in [0.15, 0.2) is 6.10 Å². The number of carbonyl (C=O) groups is 1. The molecule has 0 aliphatic carbocycles. The van der Waals surface area contributed by atoms with Crippen molar-refractivity contribution in [2.24, 2.45) is 11.7 Å². The largest absolute Gasteiger partial charge is 0.387 e. The van der Waals surface area contributed by atoms with Crippen molar-refractivity contribution >= 4 is 5.91 Å². The fraction of sp³-hybridized carbons (Fsp3) is 0.750. The molecule has 6 heteroatoms. The molecule has 0 saturated carbocycles. The Kier molecular flexibility index (Phi) is 7.77. The highest BCUT2D eigenvalue weighted by atomic mass is 16.5. The van der Waals surface area contributed by atoms with Gasteiger partial charge in [-0.3, -0.25) is 4.79 Å². The van der Waals surface area contributed by atoms with Crippen LogP contribution in [0.3, 0.4) is 0 Å². The summed E-state index contributed by atoms with van der Waals surface area (Å²) in [7, 11) is 1.19. The Labute approximate surface area is 107 Å². The first kappa shape index (κ1) is 17.1. The number of hydrogen-bond acceptors (Lipinski definition) is 5. The third kappa shape index (κ3) is 5.14. The predicted octanol–water partition coefficient (Wildman–Crippen LogP) is -0.828. The van der Waals surface area contributed by atoms with Crippen molar-refractivity contribution in [2.45, 2.75) is 44.7 Å². The Bertz CT molecular complexity index is 282. The number of ether oxygens (including phenoxy) is 1. The van der Waals surface area contributed by atoms with E-state index in [0.717, 1.165) is 6.42 Å². The molecule has 0 aromatic carbocycles. The minimum Gasteiger partial charge on any atom is -0.387 e. The number of hydrogen-bond donors (Lipinski definition) is 4. The zero-order valence-electron chi connectivity index (χ0n) is 11.0. The number of carbonyl (C=O) groups excluding carboxylic acids is 1. The minimum atomic E-state index is -1.58. The van der Waals surface area contributed by atoms with Gasteiger partial charge in [0.1, 0.15) is 18.3 Å². The van der Waals surface area contributed by atoms with Crippen molar-refractivity contribution < 1.29 is 24.9 Å². The van der Waals surface area contributed by atoms with Gasteiger partial charge in [0.05, 0.1) is 0 Å². The van der Waals surface area contributed by atoms with E-state index in [1.165, 1.54) is 13.2 Å². The molecule has 0 heterocycles. The molecule has 0 aliphatic rings. The van der Waals surface area contributed by atoms with Crippen molar-refractivity contribution in [1.29, 1.82) is 0 Å². The van der Waals surface area contributed by atoms with Crippen LogP contribution in [0.4, 0.5) is 0 Å². The van der Waals surface area contributed by atoms with Crippen LogP contribution in [0, 0.1) is 5.92 Å². The van der Waals surface area contributed by atoms with E-state index in [1.54, 1.807) is 6.08 Å². The molecule has 0 spiro atoms. The quantitative estimate of drug-likeness (QED) is 0.426. The number of aliphatic hydroxyl groups excluding tert-OH is 3. The van der Waals surface area contributed by atoms with Crippen LogP contribution in [0.15, 0.2) is 12.2 Å². The molecule has 0 saturated heterocycles. The zero-order chi connectivity index (χ0) is 14.3. The van der Waals surface area contributed by atoms with Crippen molar-refractivity contribution in [3.8, 4) is 0 Å². The third-order valence-electron chi connectivity index (χ3n) is 2.83. The van der Waals surface area contributed by atoms with Crippen LogP contribution in [0.25, 0.3) is 0 Å². The lowest BCUT2D eigenvalue weighted by Gasteiger charge is -2.25. The maximum atomic E-state index is 10.9. The van der Waals surface area contributed by atoms with Gasteiger partial charge in [0.25, 0.3) is 0 Å². The van der Waals surface area contributed by atoms with Crippen LogP contribution < -0.4 is 5.73 Å². The summed E-state index contributed by atoms with van der Waals surface area (Å²) in [6, 6.07) is 0. The topological polar surface area (TPSA) is 113 Å². The summed E-state index contributed by atoms with van der Waals surface area (Å²) in [5, 5.41) is 29.0. The van der Waals surface area contributed by atoms with Crippen molar-refractivity contribution in [2.75, 3.05) is 7.11 Å². The Morgan fingerprint density at radius 3 is 2.22 bits per heavy atom. The molecule has 106 valence electrons. The van der Waals surface area contributed by atoms with Crippen molar-refractivity contribution in [3.63, 3.8) is 0 Å². The first-order valence-electron chi connectivity index (χ1n) is 5.89. The van der Waals surface area contributed by atoms with Gasteiger partial charge in [0.2, 0.25) is 5.91 Å². The summed E-state index contributed by atoms with van der Waals surface area (Å²) in [6.07, 6.45) is -1.75. The molecule has 0 aliphatic heterocycles. The number of primary amides is 1. The smallest absolute Gasteiger partial charge is 0.249 e. The molecule has 0 aromatic heterocycles. The van der Waals surface area contributed by atoms with E-state index < -0.39 is 30.3 Å². The summed E-state index contributed by atoms with van der Waals surface area (Å²) < 4.78 is 4.67. The predicted molar refractivity (Wildman–Crippen MR) is 66.6 cm³/mol. The first-order chi connectivity index (χ1) is 8.34. The summed E-state index contributed by atoms with van der Waals surface area (Å²) in [5.74, 6) is -0.652. The van der Waals surface area contributed by atoms with E-state index in [-0.39, 0.29) is 5.92 Å². The van der Waals surface area contributed by atoms with Gasteiger partial charge in [-0.1, -0.05) is 32.4 Å². The van der Waals surface area contributed by atoms with E-state index in [2.05, 4.69) is 4.74 Å². The molecule has 0 aromatic rings. The van der Waals surface area contributed by atoms with Crippen molar-refractivity contribution in [1.82, 2.24) is 0 Å². The van der Waals surface area contributed by atoms with Gasteiger partial charge in [-0.25, -0.2) is 0 Å². The average molecular weight is 261 g/mol. The van der Waals surface area contributed by atoms with Gasteiger partial charge in [0, 0.05) is 7.11 Å². The normalized spacial score (nSPS) is 20.3. The summed E-state index contributed by atoms with van der Waals surface area (Å²) in [6.45, 7) is 3.94. The molecule has 5 N–H and O–H groups in total. The zero-order valence-corrected chi connectivity index (χ0v) is 11.0. The fourth-order valence-electron chi connectivity index (χ4n) is 1.36. The number of aliphatic hydroxyl groups is 3. The number of amides is 1. The number of nitrogens with two attached hydrogens (primary N) is 1. The lowest BCUT2D eigenvalue weighted by Crippen LogP contribution is -2.50. The summed E-state index contributed by atoms with van der Waals surface area (Å²) >= 11 is 0. The molecule has 0 fully saturated rings. The van der Waals surface area contributed by atoms with Crippen LogP contribution >= 0.6 is 0 Å². The van der Waals surface area contributed by atoms with E-state index in [1.807, 2.05) is 13.8 Å². The molecule has 0 bridgehead atoms. The average Bonchev–Trinajstić information content (AvgIpc) is 2.34. The summed E-state index contributed by atoms with van der Waals surface area (Å²) in [5.41, 5.74) is 5.00. The molecular formula is C12H23NO5. The number of rotatable bonds is 8. The van der Waals surface area contributed by atoms with Crippen LogP contribution in [0.2, 0.25) is 0 Å². The molecule has 18 heavy (non-hydrogen) atoms. The maximum Gasteiger partial charge on any atom is 0.249 e. The van der Waals surface area contributed by atoms with Gasteiger partial charge >= 0.3 is 0 Å². The van der Waals surface area contributed by atoms with Crippen LogP contribution in [0.1, 0.15) is 20.3 Å². The Morgan fingerprint density at radius 1 is 1.28 bits per heavy atom. The first-order valence-corrected chi connectivity index (χ1v) is 5.89. The maximum absolute atomic E-state index is 10.9. The SMILES string of the molecule is CCC(C)/C=C/[C@@H](O)[C@H](O)[C@@H](O)C(OC)C(N)=O. The monoisotopic (exact) mass is 261 g/mol. The number of allylic oxidation sites excluding steroid dienone is 1. The second-order valence-corrected chi connectivity index (χ2v) is 4.30. The van der Waals surface area contributed by atoms with Crippen molar-refractivity contribution in [3.05, 3.63) is 12.2 Å². The highest BCUT2D eigenvalue weighted by molar-refractivity contribution is 5.79. The molecule has 2 unspecified atom stereocenters. The lowest BCUT2D eigenvalue weighted by atomic mass is 10.0. The Hall–Kier alpha value is -0.950. The molecule has 6 nitrogen and oxygen atoms in total. The van der Waals surface area contributed by atoms with E-state index in [4.69, 9.17) is 5.73 Å². The highest BCUT2D eigenvalue weighted by Gasteiger charge is 2.33. The van der Waals surface area contributed by atoms with Crippen LogP contribution in [-0.4, -0.2) is 52.8 Å². The van der Waals surface area contributed by atoms with E-state index in [9.17, 15) is 20.1 Å². The van der Waals surface area contributed by atoms with Gasteiger partial charge in [-0.15, -0.1) is 0 Å². The number of methoxy groups -OCH3 is 1. The molecule has 0 radical (unpaired) electrons. The lowest BCUT2D eigenvalue weighted by molar-refractivity contribution is -0.145. The minimum absolute atomic E-state index is 0.248. The Balaban J connectivity index is 4.57. The summed E-state index contributed by atoms with van der Waals surface area (Å²) in [4.78, 5) is 10.9. The molecular weight excluding hydrogens is 238 g/mol. The van der Waals surface area contributed by atoms with Crippen LogP contribution in [-0.2, 0) is 9.53 Å². The second kappa shape index (κ2) is 8.20. The molecule has 1 amide bonds. The van der Waals surface area contributed by atoms with Crippen LogP contribution in [0.5, 0.6) is 0 Å². The highest BCUT2D eigenvalue weighted by Crippen LogP contribution is 2.10. The van der Waals surface area contributed by atoms with E-state index in [0.29, 0.717) is 0 Å². The third-order valence-corrected chi connectivity index (χ3v) is 2.83.